The molecule has 1 aromatic carbocycles. The summed E-state index contributed by atoms with van der Waals surface area (Å²) >= 11 is 0. The molecule has 0 aliphatic heterocycles. The predicted molar refractivity (Wildman–Crippen MR) is 95.2 cm³/mol. The van der Waals surface area contributed by atoms with Crippen molar-refractivity contribution >= 4 is 21.6 Å². The number of amides is 1. The van der Waals surface area contributed by atoms with E-state index in [9.17, 15) is 26.4 Å². The zero-order valence-corrected chi connectivity index (χ0v) is 15.5. The van der Waals surface area contributed by atoms with Gasteiger partial charge in [-0.2, -0.15) is 13.2 Å². The van der Waals surface area contributed by atoms with Crippen LogP contribution >= 0.6 is 0 Å². The van der Waals surface area contributed by atoms with Gasteiger partial charge < -0.3 is 5.32 Å². The lowest BCUT2D eigenvalue weighted by Gasteiger charge is -2.10. The molecular weight excluding hydrogens is 369 g/mol. The molecule has 0 atom stereocenters. The highest BCUT2D eigenvalue weighted by Gasteiger charge is 2.29. The van der Waals surface area contributed by atoms with Crippen LogP contribution in [0, 0.1) is 0 Å². The van der Waals surface area contributed by atoms with Crippen LogP contribution in [0.2, 0.25) is 0 Å². The molecule has 0 fully saturated rings. The van der Waals surface area contributed by atoms with Gasteiger partial charge in [-0.25, -0.2) is 13.1 Å². The third-order valence-corrected chi connectivity index (χ3v) is 5.13. The molecule has 148 valence electrons. The summed E-state index contributed by atoms with van der Waals surface area (Å²) in [5.41, 5.74) is -0.659. The van der Waals surface area contributed by atoms with E-state index in [2.05, 4.69) is 17.0 Å². The van der Waals surface area contributed by atoms with Gasteiger partial charge in [-0.3, -0.25) is 4.79 Å². The van der Waals surface area contributed by atoms with E-state index in [-0.39, 0.29) is 11.4 Å². The van der Waals surface area contributed by atoms with Gasteiger partial charge in [0, 0.05) is 5.69 Å². The molecule has 2 N–H and O–H groups in total. The second kappa shape index (κ2) is 10.5. The van der Waals surface area contributed by atoms with Crippen molar-refractivity contribution in [3.63, 3.8) is 0 Å². The monoisotopic (exact) mass is 394 g/mol. The van der Waals surface area contributed by atoms with Crippen LogP contribution in [0.3, 0.4) is 0 Å². The van der Waals surface area contributed by atoms with E-state index in [4.69, 9.17) is 0 Å². The molecule has 1 amide bonds. The molecule has 0 aromatic heterocycles. The molecule has 0 aliphatic carbocycles. The van der Waals surface area contributed by atoms with E-state index in [1.165, 1.54) is 0 Å². The largest absolute Gasteiger partial charge is 0.416 e. The van der Waals surface area contributed by atoms with Gasteiger partial charge in [0.1, 0.15) is 0 Å². The molecule has 0 heterocycles. The summed E-state index contributed by atoms with van der Waals surface area (Å²) in [4.78, 5) is 11.7. The number of benzene rings is 1. The molecule has 9 heteroatoms. The van der Waals surface area contributed by atoms with Crippen LogP contribution in [-0.4, -0.2) is 26.6 Å². The van der Waals surface area contributed by atoms with Crippen molar-refractivity contribution in [2.45, 2.75) is 51.6 Å². The first-order valence-electron chi connectivity index (χ1n) is 8.58. The zero-order valence-electron chi connectivity index (χ0n) is 14.7. The first-order chi connectivity index (χ1) is 12.1. The van der Waals surface area contributed by atoms with E-state index < -0.39 is 34.2 Å². The first-order valence-corrected chi connectivity index (χ1v) is 10.2. The standard InChI is InChI=1S/C17H25F3N2O3S/c1-2-3-4-5-6-7-12-26(24,25)21-13-16(23)22-15-10-8-14(9-11-15)17(18,19)20/h8-11,21H,2-7,12-13H2,1H3,(H,22,23). The molecule has 5 nitrogen and oxygen atoms in total. The third-order valence-electron chi connectivity index (χ3n) is 3.72. The number of carbonyl (C=O) groups excluding carboxylic acids is 1. The molecule has 0 saturated heterocycles. The van der Waals surface area contributed by atoms with Crippen molar-refractivity contribution in [2.75, 3.05) is 17.6 Å². The van der Waals surface area contributed by atoms with E-state index in [0.29, 0.717) is 6.42 Å². The number of halogens is 3. The number of carbonyl (C=O) groups is 1. The molecule has 0 unspecified atom stereocenters. The minimum atomic E-state index is -4.45. The normalized spacial score (nSPS) is 12.2. The number of alkyl halides is 3. The van der Waals surface area contributed by atoms with Crippen LogP contribution in [0.25, 0.3) is 0 Å². The van der Waals surface area contributed by atoms with E-state index in [1.54, 1.807) is 0 Å². The van der Waals surface area contributed by atoms with Gasteiger partial charge in [0.15, 0.2) is 0 Å². The number of hydrogen-bond acceptors (Lipinski definition) is 3. The van der Waals surface area contributed by atoms with Crippen molar-refractivity contribution in [3.05, 3.63) is 29.8 Å². The Labute approximate surface area is 152 Å². The number of nitrogens with one attached hydrogen (secondary N) is 2. The highest BCUT2D eigenvalue weighted by molar-refractivity contribution is 7.89. The Morgan fingerprint density at radius 1 is 1.00 bits per heavy atom. The maximum Gasteiger partial charge on any atom is 0.416 e. The van der Waals surface area contributed by atoms with Gasteiger partial charge in [0.2, 0.25) is 15.9 Å². The smallest absolute Gasteiger partial charge is 0.325 e. The maximum absolute atomic E-state index is 12.5. The number of sulfonamides is 1. The summed E-state index contributed by atoms with van der Waals surface area (Å²) < 4.78 is 63.2. The summed E-state index contributed by atoms with van der Waals surface area (Å²) in [6.07, 6.45) is 1.22. The Bertz CT molecular complexity index is 659. The number of hydrogen-bond donors (Lipinski definition) is 2. The average Bonchev–Trinajstić information content (AvgIpc) is 2.56. The fraction of sp³-hybridized carbons (Fsp3) is 0.588. The van der Waals surface area contributed by atoms with Gasteiger partial charge in [-0.05, 0) is 30.7 Å². The van der Waals surface area contributed by atoms with Crippen LogP contribution in [0.5, 0.6) is 0 Å². The Morgan fingerprint density at radius 3 is 2.15 bits per heavy atom. The van der Waals surface area contributed by atoms with Crippen LogP contribution < -0.4 is 10.0 Å². The third kappa shape index (κ3) is 9.19. The molecule has 26 heavy (non-hydrogen) atoms. The Kier molecular flexibility index (Phi) is 9.07. The Balaban J connectivity index is 2.34. The predicted octanol–water partition coefficient (Wildman–Crippen LogP) is 3.92. The molecule has 0 spiro atoms. The quantitative estimate of drug-likeness (QED) is 0.559. The second-order valence-electron chi connectivity index (χ2n) is 6.03. The van der Waals surface area contributed by atoms with Gasteiger partial charge in [0.25, 0.3) is 0 Å². The first kappa shape index (κ1) is 22.4. The van der Waals surface area contributed by atoms with Crippen molar-refractivity contribution in [3.8, 4) is 0 Å². The molecule has 1 aromatic rings. The lowest BCUT2D eigenvalue weighted by Crippen LogP contribution is -2.34. The van der Waals surface area contributed by atoms with Crippen LogP contribution in [-0.2, 0) is 21.0 Å². The molecule has 0 bridgehead atoms. The summed E-state index contributed by atoms with van der Waals surface area (Å²) in [6.45, 7) is 1.64. The minimum absolute atomic E-state index is 0.0489. The summed E-state index contributed by atoms with van der Waals surface area (Å²) in [5.74, 6) is -0.691. The van der Waals surface area contributed by atoms with Crippen molar-refractivity contribution < 1.29 is 26.4 Å². The van der Waals surface area contributed by atoms with Gasteiger partial charge in [-0.15, -0.1) is 0 Å². The van der Waals surface area contributed by atoms with Gasteiger partial charge in [0.05, 0.1) is 17.9 Å². The van der Waals surface area contributed by atoms with Crippen LogP contribution in [0.15, 0.2) is 24.3 Å². The van der Waals surface area contributed by atoms with E-state index in [0.717, 1.165) is 56.4 Å². The molecule has 0 aliphatic rings. The van der Waals surface area contributed by atoms with Crippen molar-refractivity contribution in [2.24, 2.45) is 0 Å². The van der Waals surface area contributed by atoms with Crippen molar-refractivity contribution in [1.29, 1.82) is 0 Å². The summed E-state index contributed by atoms with van der Waals surface area (Å²) in [5, 5.41) is 2.35. The Morgan fingerprint density at radius 2 is 1.58 bits per heavy atom. The fourth-order valence-corrected chi connectivity index (χ4v) is 3.35. The maximum atomic E-state index is 12.5. The summed E-state index contributed by atoms with van der Waals surface area (Å²) in [7, 11) is -3.55. The summed E-state index contributed by atoms with van der Waals surface area (Å²) in [6, 6.07) is 3.92. The number of unbranched alkanes of at least 4 members (excludes halogenated alkanes) is 5. The zero-order chi connectivity index (χ0) is 19.6. The molecule has 0 saturated carbocycles. The van der Waals surface area contributed by atoms with E-state index in [1.807, 2.05) is 0 Å². The number of anilines is 1. The highest BCUT2D eigenvalue weighted by atomic mass is 32.2. The Hall–Kier alpha value is -1.61. The van der Waals surface area contributed by atoms with Crippen LogP contribution in [0.1, 0.15) is 51.0 Å². The number of rotatable bonds is 11. The topological polar surface area (TPSA) is 75.3 Å². The fourth-order valence-electron chi connectivity index (χ4n) is 2.27. The molecule has 0 radical (unpaired) electrons. The minimum Gasteiger partial charge on any atom is -0.325 e. The van der Waals surface area contributed by atoms with Crippen LogP contribution in [0.4, 0.5) is 18.9 Å². The van der Waals surface area contributed by atoms with Gasteiger partial charge in [-0.1, -0.05) is 39.0 Å². The van der Waals surface area contributed by atoms with Gasteiger partial charge >= 0.3 is 6.18 Å². The highest BCUT2D eigenvalue weighted by Crippen LogP contribution is 2.29. The van der Waals surface area contributed by atoms with Crippen molar-refractivity contribution in [1.82, 2.24) is 4.72 Å². The lowest BCUT2D eigenvalue weighted by atomic mass is 10.1. The second-order valence-corrected chi connectivity index (χ2v) is 7.96. The SMILES string of the molecule is CCCCCCCCS(=O)(=O)NCC(=O)Nc1ccc(C(F)(F)F)cc1. The van der Waals surface area contributed by atoms with E-state index >= 15 is 0 Å². The lowest BCUT2D eigenvalue weighted by molar-refractivity contribution is -0.137. The molecular formula is C17H25F3N2O3S. The average molecular weight is 394 g/mol. The molecule has 1 rings (SSSR count).